The van der Waals surface area contributed by atoms with Gasteiger partial charge in [0, 0.05) is 6.42 Å². The van der Waals surface area contributed by atoms with Crippen LogP contribution in [0.4, 0.5) is 0 Å². The first-order valence-electron chi connectivity index (χ1n) is 1.95. The van der Waals surface area contributed by atoms with Crippen molar-refractivity contribution in [2.24, 2.45) is 0 Å². The minimum absolute atomic E-state index is 0.353. The molecule has 1 unspecified atom stereocenters. The second-order valence-corrected chi connectivity index (χ2v) is 2.75. The highest BCUT2D eigenvalue weighted by atomic mass is 32.2. The average Bonchev–Trinajstić information content (AvgIpc) is 1.86. The molecule has 0 aromatic carbocycles. The van der Waals surface area contributed by atoms with Crippen LogP contribution < -0.4 is 0 Å². The number of hydrogen-bond donors (Lipinski definition) is 1. The Balaban J connectivity index is 2.38. The molecular weight excluding hydrogens is 96.1 g/mol. The zero-order valence-corrected chi connectivity index (χ0v) is 4.24. The van der Waals surface area contributed by atoms with E-state index in [1.54, 1.807) is 0 Å². The zero-order valence-electron chi connectivity index (χ0n) is 3.42. The molecule has 6 heavy (non-hydrogen) atoms. The Kier molecular flexibility index (Phi) is 1.17. The fourth-order valence-electron chi connectivity index (χ4n) is 0.436. The van der Waals surface area contributed by atoms with Crippen LogP contribution in [0.1, 0.15) is 6.42 Å². The van der Waals surface area contributed by atoms with E-state index in [4.69, 9.17) is 4.55 Å². The summed E-state index contributed by atoms with van der Waals surface area (Å²) in [4.78, 5) is 0. The van der Waals surface area contributed by atoms with E-state index in [0.29, 0.717) is 0 Å². The Bertz CT molecular complexity index is 69.9. The van der Waals surface area contributed by atoms with Crippen LogP contribution in [-0.4, -0.2) is 10.3 Å². The number of rotatable bonds is 0. The van der Waals surface area contributed by atoms with Gasteiger partial charge in [-0.1, -0.05) is 0 Å². The highest BCUT2D eigenvalue weighted by Gasteiger charge is 2.13. The van der Waals surface area contributed by atoms with Crippen LogP contribution in [0.15, 0.2) is 11.5 Å². The summed E-state index contributed by atoms with van der Waals surface area (Å²) in [6.45, 7) is 0. The summed E-state index contributed by atoms with van der Waals surface area (Å²) < 4.78 is 8.67. The first-order chi connectivity index (χ1) is 2.89. The summed E-state index contributed by atoms with van der Waals surface area (Å²) in [6.07, 6.45) is 3.09. The van der Waals surface area contributed by atoms with Crippen molar-refractivity contribution in [2.75, 3.05) is 5.75 Å². The summed E-state index contributed by atoms with van der Waals surface area (Å²) >= 11 is -0.353. The van der Waals surface area contributed by atoms with Gasteiger partial charge in [-0.15, -0.1) is 0 Å². The van der Waals surface area contributed by atoms with Gasteiger partial charge >= 0.3 is 0 Å². The van der Waals surface area contributed by atoms with E-state index in [1.165, 1.54) is 0 Å². The molecule has 0 spiro atoms. The molecule has 0 fully saturated rings. The fourth-order valence-corrected chi connectivity index (χ4v) is 1.31. The minimum atomic E-state index is -0.353. The van der Waals surface area contributed by atoms with Gasteiger partial charge in [0.1, 0.15) is 5.75 Å². The summed E-state index contributed by atoms with van der Waals surface area (Å²) in [5.74, 6) is 0.958. The van der Waals surface area contributed by atoms with Crippen LogP contribution in [-0.2, 0) is 11.2 Å². The Hall–Kier alpha value is 0.0500. The standard InChI is InChI=1S/C4H7OS/c5-6-3-1-2-4-6/h1,3,5H,2,4H2/q+1. The number of hydrogen-bond acceptors (Lipinski definition) is 1. The van der Waals surface area contributed by atoms with Crippen LogP contribution in [0.5, 0.6) is 0 Å². The molecule has 1 aliphatic rings. The smallest absolute Gasteiger partial charge is 0.173 e. The molecule has 0 aromatic rings. The molecule has 1 aliphatic heterocycles. The van der Waals surface area contributed by atoms with Crippen LogP contribution in [0.25, 0.3) is 0 Å². The van der Waals surface area contributed by atoms with Gasteiger partial charge in [-0.05, 0) is 6.08 Å². The van der Waals surface area contributed by atoms with Crippen molar-refractivity contribution in [1.29, 1.82) is 0 Å². The maximum Gasteiger partial charge on any atom is 0.173 e. The molecule has 0 saturated heterocycles. The molecule has 0 aliphatic carbocycles. The maximum absolute atomic E-state index is 8.67. The Morgan fingerprint density at radius 3 is 2.67 bits per heavy atom. The van der Waals surface area contributed by atoms with Crippen molar-refractivity contribution in [1.82, 2.24) is 0 Å². The van der Waals surface area contributed by atoms with Gasteiger partial charge in [0.25, 0.3) is 0 Å². The lowest BCUT2D eigenvalue weighted by Gasteiger charge is -1.75. The molecule has 0 radical (unpaired) electrons. The predicted molar refractivity (Wildman–Crippen MR) is 28.6 cm³/mol. The second kappa shape index (κ2) is 1.67. The molecule has 1 atom stereocenters. The second-order valence-electron chi connectivity index (χ2n) is 1.27. The highest BCUT2D eigenvalue weighted by molar-refractivity contribution is 7.94. The lowest BCUT2D eigenvalue weighted by molar-refractivity contribution is 0.649. The van der Waals surface area contributed by atoms with Gasteiger partial charge < -0.3 is 0 Å². The van der Waals surface area contributed by atoms with Crippen molar-refractivity contribution < 1.29 is 4.55 Å². The zero-order chi connectivity index (χ0) is 4.41. The SMILES string of the molecule is O[S+]1C=CCC1. The average molecular weight is 103 g/mol. The lowest BCUT2D eigenvalue weighted by atomic mass is 10.5. The van der Waals surface area contributed by atoms with E-state index in [9.17, 15) is 0 Å². The summed E-state index contributed by atoms with van der Waals surface area (Å²) in [6, 6.07) is 0. The molecule has 34 valence electrons. The molecule has 0 saturated carbocycles. The molecule has 2 heteroatoms. The molecule has 1 rings (SSSR count). The van der Waals surface area contributed by atoms with Gasteiger partial charge in [0.2, 0.25) is 0 Å². The Morgan fingerprint density at radius 2 is 2.50 bits per heavy atom. The Labute approximate surface area is 40.2 Å². The summed E-state index contributed by atoms with van der Waals surface area (Å²) in [5.41, 5.74) is 0. The fraction of sp³-hybridized carbons (Fsp3) is 0.500. The van der Waals surface area contributed by atoms with Gasteiger partial charge in [0.05, 0.1) is 0 Å². The van der Waals surface area contributed by atoms with Crippen molar-refractivity contribution in [2.45, 2.75) is 6.42 Å². The minimum Gasteiger partial charge on any atom is -0.182 e. The van der Waals surface area contributed by atoms with Crippen LogP contribution in [0, 0.1) is 0 Å². The van der Waals surface area contributed by atoms with Gasteiger partial charge in [-0.3, -0.25) is 0 Å². The first-order valence-corrected chi connectivity index (χ1v) is 3.36. The first kappa shape index (κ1) is 4.22. The van der Waals surface area contributed by atoms with Crippen molar-refractivity contribution >= 4 is 11.2 Å². The Morgan fingerprint density at radius 1 is 1.67 bits per heavy atom. The molecule has 0 aromatic heterocycles. The molecule has 0 bridgehead atoms. The third-order valence-corrected chi connectivity index (χ3v) is 1.91. The summed E-state index contributed by atoms with van der Waals surface area (Å²) in [5, 5.41) is 1.86. The van der Waals surface area contributed by atoms with Crippen LogP contribution >= 0.6 is 0 Å². The molecule has 1 N–H and O–H groups in total. The van der Waals surface area contributed by atoms with Crippen molar-refractivity contribution in [3.8, 4) is 0 Å². The highest BCUT2D eigenvalue weighted by Crippen LogP contribution is 2.04. The van der Waals surface area contributed by atoms with Crippen LogP contribution in [0.3, 0.4) is 0 Å². The van der Waals surface area contributed by atoms with Gasteiger partial charge in [-0.2, -0.15) is 4.55 Å². The van der Waals surface area contributed by atoms with Gasteiger partial charge in [-0.25, -0.2) is 0 Å². The van der Waals surface area contributed by atoms with E-state index in [-0.39, 0.29) is 11.2 Å². The largest absolute Gasteiger partial charge is 0.182 e. The quantitative estimate of drug-likeness (QED) is 0.453. The monoisotopic (exact) mass is 103 g/mol. The topological polar surface area (TPSA) is 20.2 Å². The van der Waals surface area contributed by atoms with E-state index >= 15 is 0 Å². The third kappa shape index (κ3) is 0.758. The predicted octanol–water partition coefficient (Wildman–Crippen LogP) is 0.995. The van der Waals surface area contributed by atoms with Gasteiger partial charge in [0.15, 0.2) is 16.6 Å². The van der Waals surface area contributed by atoms with E-state index < -0.39 is 0 Å². The molecule has 1 heterocycles. The normalized spacial score (nSPS) is 31.8. The molecule has 1 nitrogen and oxygen atoms in total. The van der Waals surface area contributed by atoms with E-state index in [0.717, 1.165) is 12.2 Å². The van der Waals surface area contributed by atoms with Crippen molar-refractivity contribution in [3.63, 3.8) is 0 Å². The third-order valence-electron chi connectivity index (χ3n) is 0.747. The lowest BCUT2D eigenvalue weighted by Crippen LogP contribution is -1.92. The molecular formula is C4H7OS+. The number of allylic oxidation sites excluding steroid dienone is 1. The van der Waals surface area contributed by atoms with E-state index in [2.05, 4.69) is 0 Å². The summed E-state index contributed by atoms with van der Waals surface area (Å²) in [7, 11) is 0. The van der Waals surface area contributed by atoms with Crippen LogP contribution in [0.2, 0.25) is 0 Å². The molecule has 0 amide bonds. The van der Waals surface area contributed by atoms with E-state index in [1.807, 2.05) is 11.5 Å². The van der Waals surface area contributed by atoms with Crippen molar-refractivity contribution in [3.05, 3.63) is 11.5 Å². The maximum atomic E-state index is 8.67.